The van der Waals surface area contributed by atoms with Crippen molar-refractivity contribution in [3.63, 3.8) is 0 Å². The fraction of sp³-hybridized carbons (Fsp3) is 0.462. The minimum absolute atomic E-state index is 0.506. The summed E-state index contributed by atoms with van der Waals surface area (Å²) in [4.78, 5) is 0. The summed E-state index contributed by atoms with van der Waals surface area (Å²) in [7, 11) is 0. The number of hydrogen-bond donors (Lipinski definition) is 0. The lowest BCUT2D eigenvalue weighted by Gasteiger charge is -2.41. The molecule has 2 unspecified atom stereocenters. The Hall–Kier alpha value is -1.64. The van der Waals surface area contributed by atoms with Gasteiger partial charge in [-0.1, -0.05) is 80.9 Å². The van der Waals surface area contributed by atoms with E-state index >= 15 is 0 Å². The summed E-state index contributed by atoms with van der Waals surface area (Å²) in [6, 6.07) is 21.7. The molecule has 2 atom stereocenters. The SMILES string of the molecule is CCCOC1(OCCC)[C](c2ccccc2)C2CCCC2[C]1c1ccccc1. The number of ether oxygens (including phenoxy) is 2. The van der Waals surface area contributed by atoms with Crippen molar-refractivity contribution in [1.29, 1.82) is 0 Å². The molecule has 0 N–H and O–H groups in total. The molecule has 2 saturated carbocycles. The lowest BCUT2D eigenvalue weighted by molar-refractivity contribution is -0.205. The quantitative estimate of drug-likeness (QED) is 0.510. The topological polar surface area (TPSA) is 18.5 Å². The Labute approximate surface area is 170 Å². The molecule has 2 nitrogen and oxygen atoms in total. The van der Waals surface area contributed by atoms with Gasteiger partial charge in [0.2, 0.25) is 0 Å². The van der Waals surface area contributed by atoms with Crippen LogP contribution in [0.25, 0.3) is 0 Å². The summed E-state index contributed by atoms with van der Waals surface area (Å²) in [5.74, 6) is 3.00. The first-order valence-corrected chi connectivity index (χ1v) is 10.9. The van der Waals surface area contributed by atoms with Crippen LogP contribution in [0.2, 0.25) is 0 Å². The molecular formula is C26H32O2. The standard InChI is InChI=1S/C26H32O2/c1-3-18-27-26(28-19-4-2)24(20-12-7-5-8-13-20)22-16-11-17-23(22)25(26)21-14-9-6-10-15-21/h5-10,12-15,22-23H,3-4,11,16-19H2,1-2H3. The van der Waals surface area contributed by atoms with E-state index in [-0.39, 0.29) is 0 Å². The van der Waals surface area contributed by atoms with Gasteiger partial charge in [0.05, 0.1) is 11.8 Å². The molecule has 2 aliphatic rings. The Balaban J connectivity index is 1.86. The predicted octanol–water partition coefficient (Wildman–Crippen LogP) is 6.21. The Kier molecular flexibility index (Phi) is 6.18. The average Bonchev–Trinajstić information content (AvgIpc) is 3.30. The van der Waals surface area contributed by atoms with Gasteiger partial charge in [0.25, 0.3) is 0 Å². The third-order valence-electron chi connectivity index (χ3n) is 6.16. The van der Waals surface area contributed by atoms with Gasteiger partial charge in [0.15, 0.2) is 5.79 Å². The zero-order chi connectivity index (χ0) is 19.4. The van der Waals surface area contributed by atoms with Crippen molar-refractivity contribution in [2.24, 2.45) is 11.8 Å². The average molecular weight is 377 g/mol. The van der Waals surface area contributed by atoms with Crippen LogP contribution in [0.1, 0.15) is 57.1 Å². The third kappa shape index (κ3) is 3.42. The molecule has 2 radical (unpaired) electrons. The fourth-order valence-electron chi connectivity index (χ4n) is 5.17. The normalized spacial score (nSPS) is 24.5. The van der Waals surface area contributed by atoms with Gasteiger partial charge >= 0.3 is 0 Å². The first-order chi connectivity index (χ1) is 13.8. The molecule has 2 aromatic rings. The van der Waals surface area contributed by atoms with Crippen LogP contribution in [-0.4, -0.2) is 19.0 Å². The zero-order valence-electron chi connectivity index (χ0n) is 17.2. The largest absolute Gasteiger partial charge is 0.348 e. The van der Waals surface area contributed by atoms with E-state index in [1.807, 2.05) is 0 Å². The lowest BCUT2D eigenvalue weighted by Crippen LogP contribution is -2.46. The predicted molar refractivity (Wildman–Crippen MR) is 114 cm³/mol. The highest BCUT2D eigenvalue weighted by Crippen LogP contribution is 2.64. The smallest absolute Gasteiger partial charge is 0.190 e. The molecule has 2 heteroatoms. The van der Waals surface area contributed by atoms with Gasteiger partial charge in [-0.05, 0) is 48.6 Å². The monoisotopic (exact) mass is 376 g/mol. The maximum absolute atomic E-state index is 6.72. The van der Waals surface area contributed by atoms with Crippen molar-refractivity contribution >= 4 is 0 Å². The van der Waals surface area contributed by atoms with Gasteiger partial charge in [-0.3, -0.25) is 0 Å². The molecule has 2 fully saturated rings. The first kappa shape index (κ1) is 19.7. The maximum Gasteiger partial charge on any atom is 0.190 e. The highest BCUT2D eigenvalue weighted by molar-refractivity contribution is 5.53. The summed E-state index contributed by atoms with van der Waals surface area (Å²) in [5, 5.41) is 0. The first-order valence-electron chi connectivity index (χ1n) is 10.9. The molecule has 2 aliphatic carbocycles. The molecule has 0 bridgehead atoms. The van der Waals surface area contributed by atoms with Crippen LogP contribution in [0.15, 0.2) is 60.7 Å². The molecule has 28 heavy (non-hydrogen) atoms. The summed E-state index contributed by atoms with van der Waals surface area (Å²) in [5.41, 5.74) is 2.55. The van der Waals surface area contributed by atoms with Gasteiger partial charge in [-0.25, -0.2) is 0 Å². The minimum atomic E-state index is -0.732. The Bertz CT molecular complexity index is 663. The van der Waals surface area contributed by atoms with Crippen molar-refractivity contribution < 1.29 is 9.47 Å². The number of fused-ring (bicyclic) bond motifs is 1. The molecule has 0 saturated heterocycles. The van der Waals surface area contributed by atoms with Gasteiger partial charge in [0.1, 0.15) is 0 Å². The van der Waals surface area contributed by atoms with Crippen LogP contribution < -0.4 is 0 Å². The Morgan fingerprint density at radius 1 is 0.714 bits per heavy atom. The third-order valence-corrected chi connectivity index (χ3v) is 6.16. The number of hydrogen-bond acceptors (Lipinski definition) is 2. The second-order valence-corrected chi connectivity index (χ2v) is 8.02. The van der Waals surface area contributed by atoms with Gasteiger partial charge in [-0.15, -0.1) is 0 Å². The second kappa shape index (κ2) is 8.80. The number of rotatable bonds is 8. The van der Waals surface area contributed by atoms with Gasteiger partial charge in [-0.2, -0.15) is 0 Å². The highest BCUT2D eigenvalue weighted by atomic mass is 16.7. The minimum Gasteiger partial charge on any atom is -0.348 e. The van der Waals surface area contributed by atoms with E-state index in [1.165, 1.54) is 42.2 Å². The van der Waals surface area contributed by atoms with E-state index in [4.69, 9.17) is 9.47 Å². The van der Waals surface area contributed by atoms with E-state index in [1.54, 1.807) is 0 Å². The van der Waals surface area contributed by atoms with Crippen molar-refractivity contribution in [3.8, 4) is 0 Å². The van der Waals surface area contributed by atoms with Crippen LogP contribution >= 0.6 is 0 Å². The zero-order valence-corrected chi connectivity index (χ0v) is 17.2. The number of benzene rings is 2. The molecule has 148 valence electrons. The second-order valence-electron chi connectivity index (χ2n) is 8.02. The Morgan fingerprint density at radius 3 is 1.54 bits per heavy atom. The van der Waals surface area contributed by atoms with Gasteiger partial charge < -0.3 is 9.47 Å². The van der Waals surface area contributed by atoms with Gasteiger partial charge in [0, 0.05) is 13.2 Å². The molecule has 4 rings (SSSR count). The molecule has 2 aromatic carbocycles. The summed E-state index contributed by atoms with van der Waals surface area (Å²) < 4.78 is 13.4. The molecule has 0 aromatic heterocycles. The van der Waals surface area contributed by atoms with E-state index in [0.29, 0.717) is 25.0 Å². The molecule has 0 amide bonds. The van der Waals surface area contributed by atoms with Crippen LogP contribution in [0.4, 0.5) is 0 Å². The summed E-state index contributed by atoms with van der Waals surface area (Å²) >= 11 is 0. The Morgan fingerprint density at radius 2 is 1.14 bits per heavy atom. The fourth-order valence-corrected chi connectivity index (χ4v) is 5.17. The van der Waals surface area contributed by atoms with Crippen LogP contribution in [-0.2, 0) is 9.47 Å². The lowest BCUT2D eigenvalue weighted by atomic mass is 9.82. The summed E-state index contributed by atoms with van der Waals surface area (Å²) in [6.45, 7) is 5.76. The van der Waals surface area contributed by atoms with E-state index in [2.05, 4.69) is 74.5 Å². The van der Waals surface area contributed by atoms with Crippen molar-refractivity contribution in [2.45, 2.75) is 51.7 Å². The maximum atomic E-state index is 6.72. The summed E-state index contributed by atoms with van der Waals surface area (Å²) in [6.07, 6.45) is 5.68. The van der Waals surface area contributed by atoms with Crippen molar-refractivity contribution in [3.05, 3.63) is 83.6 Å². The van der Waals surface area contributed by atoms with Crippen LogP contribution in [0, 0.1) is 23.7 Å². The van der Waals surface area contributed by atoms with Crippen LogP contribution in [0.5, 0.6) is 0 Å². The van der Waals surface area contributed by atoms with Crippen LogP contribution in [0.3, 0.4) is 0 Å². The van der Waals surface area contributed by atoms with E-state index in [9.17, 15) is 0 Å². The molecule has 0 heterocycles. The van der Waals surface area contributed by atoms with E-state index < -0.39 is 5.79 Å². The molecular weight excluding hydrogens is 344 g/mol. The van der Waals surface area contributed by atoms with Crippen molar-refractivity contribution in [2.75, 3.05) is 13.2 Å². The van der Waals surface area contributed by atoms with E-state index in [0.717, 1.165) is 12.8 Å². The van der Waals surface area contributed by atoms with Crippen molar-refractivity contribution in [1.82, 2.24) is 0 Å². The highest BCUT2D eigenvalue weighted by Gasteiger charge is 2.64. The molecule has 0 aliphatic heterocycles. The molecule has 0 spiro atoms.